The van der Waals surface area contributed by atoms with E-state index in [2.05, 4.69) is 23.4 Å². The number of hydrogen-bond acceptors (Lipinski definition) is 4. The SMILES string of the molecule is COc1ccc2c(COc3cccc(SC)c3)ccnc2c1. The quantitative estimate of drug-likeness (QED) is 0.647. The molecule has 0 saturated heterocycles. The van der Waals surface area contributed by atoms with Crippen LogP contribution in [0.2, 0.25) is 0 Å². The van der Waals surface area contributed by atoms with Gasteiger partial charge in [-0.25, -0.2) is 0 Å². The van der Waals surface area contributed by atoms with Crippen LogP contribution in [-0.4, -0.2) is 18.3 Å². The zero-order chi connectivity index (χ0) is 15.4. The Morgan fingerprint density at radius 3 is 2.77 bits per heavy atom. The van der Waals surface area contributed by atoms with Crippen molar-refractivity contribution in [3.8, 4) is 11.5 Å². The van der Waals surface area contributed by atoms with Crippen molar-refractivity contribution in [3.63, 3.8) is 0 Å². The molecule has 22 heavy (non-hydrogen) atoms. The Labute approximate surface area is 134 Å². The largest absolute Gasteiger partial charge is 0.497 e. The Kier molecular flexibility index (Phi) is 4.49. The minimum absolute atomic E-state index is 0.517. The van der Waals surface area contributed by atoms with Crippen LogP contribution in [0.3, 0.4) is 0 Å². The molecule has 0 saturated carbocycles. The minimum Gasteiger partial charge on any atom is -0.497 e. The van der Waals surface area contributed by atoms with E-state index in [1.165, 1.54) is 4.90 Å². The number of benzene rings is 2. The van der Waals surface area contributed by atoms with E-state index in [9.17, 15) is 0 Å². The van der Waals surface area contributed by atoms with Crippen LogP contribution in [0.5, 0.6) is 11.5 Å². The van der Waals surface area contributed by atoms with Gasteiger partial charge in [-0.05, 0) is 42.7 Å². The maximum absolute atomic E-state index is 5.93. The summed E-state index contributed by atoms with van der Waals surface area (Å²) in [6.45, 7) is 0.517. The summed E-state index contributed by atoms with van der Waals surface area (Å²) in [7, 11) is 1.66. The normalized spacial score (nSPS) is 10.6. The first-order valence-electron chi connectivity index (χ1n) is 6.98. The van der Waals surface area contributed by atoms with Crippen LogP contribution in [0.4, 0.5) is 0 Å². The fourth-order valence-electron chi connectivity index (χ4n) is 2.29. The summed E-state index contributed by atoms with van der Waals surface area (Å²) in [5, 5.41) is 1.09. The van der Waals surface area contributed by atoms with E-state index in [4.69, 9.17) is 9.47 Å². The average Bonchev–Trinajstić information content (AvgIpc) is 2.59. The Hall–Kier alpha value is -2.20. The molecule has 0 atom stereocenters. The fourth-order valence-corrected chi connectivity index (χ4v) is 2.74. The molecular formula is C18H17NO2S. The molecule has 4 heteroatoms. The first kappa shape index (κ1) is 14.7. The molecular weight excluding hydrogens is 294 g/mol. The van der Waals surface area contributed by atoms with E-state index in [0.717, 1.165) is 28.0 Å². The predicted octanol–water partition coefficient (Wildman–Crippen LogP) is 4.54. The number of pyridine rings is 1. The second-order valence-electron chi connectivity index (χ2n) is 4.82. The maximum atomic E-state index is 5.93. The molecule has 0 fully saturated rings. The number of hydrogen-bond donors (Lipinski definition) is 0. The van der Waals surface area contributed by atoms with Crippen LogP contribution in [0.25, 0.3) is 10.9 Å². The molecule has 0 unspecified atom stereocenters. The van der Waals surface area contributed by atoms with Crippen LogP contribution in [0.1, 0.15) is 5.56 Å². The molecule has 3 aromatic rings. The number of nitrogens with zero attached hydrogens (tertiary/aromatic N) is 1. The predicted molar refractivity (Wildman–Crippen MR) is 90.9 cm³/mol. The van der Waals surface area contributed by atoms with Crippen molar-refractivity contribution in [2.24, 2.45) is 0 Å². The summed E-state index contributed by atoms with van der Waals surface area (Å²) in [4.78, 5) is 5.59. The zero-order valence-corrected chi connectivity index (χ0v) is 13.4. The van der Waals surface area contributed by atoms with Gasteiger partial charge in [0.2, 0.25) is 0 Å². The average molecular weight is 311 g/mol. The highest BCUT2D eigenvalue weighted by Gasteiger charge is 2.05. The van der Waals surface area contributed by atoms with Crippen LogP contribution in [0, 0.1) is 0 Å². The number of thioether (sulfide) groups is 1. The molecule has 3 nitrogen and oxygen atoms in total. The van der Waals surface area contributed by atoms with Crippen LogP contribution in [-0.2, 0) is 6.61 Å². The van der Waals surface area contributed by atoms with Crippen molar-refractivity contribution < 1.29 is 9.47 Å². The van der Waals surface area contributed by atoms with Gasteiger partial charge in [0.05, 0.1) is 12.6 Å². The van der Waals surface area contributed by atoms with Crippen molar-refractivity contribution in [2.45, 2.75) is 11.5 Å². The lowest BCUT2D eigenvalue weighted by Gasteiger charge is -2.10. The third-order valence-corrected chi connectivity index (χ3v) is 4.20. The van der Waals surface area contributed by atoms with Crippen molar-refractivity contribution in [2.75, 3.05) is 13.4 Å². The molecule has 3 rings (SSSR count). The summed E-state index contributed by atoms with van der Waals surface area (Å²) >= 11 is 1.71. The standard InChI is InChI=1S/C18H17NO2S/c1-20-14-6-7-17-13(8-9-19-18(17)11-14)12-21-15-4-3-5-16(10-15)22-2/h3-11H,12H2,1-2H3. The summed E-state index contributed by atoms with van der Waals surface area (Å²) in [6, 6.07) is 16.0. The molecule has 0 aliphatic heterocycles. The molecule has 2 aromatic carbocycles. The third kappa shape index (κ3) is 3.17. The van der Waals surface area contributed by atoms with Crippen LogP contribution < -0.4 is 9.47 Å². The van der Waals surface area contributed by atoms with Crippen molar-refractivity contribution in [3.05, 3.63) is 60.3 Å². The Balaban J connectivity index is 1.84. The smallest absolute Gasteiger partial charge is 0.121 e. The van der Waals surface area contributed by atoms with Gasteiger partial charge in [0, 0.05) is 28.1 Å². The molecule has 112 valence electrons. The summed E-state index contributed by atoms with van der Waals surface area (Å²) in [6.07, 6.45) is 3.86. The van der Waals surface area contributed by atoms with Crippen molar-refractivity contribution in [1.29, 1.82) is 0 Å². The highest BCUT2D eigenvalue weighted by Crippen LogP contribution is 2.25. The molecule has 0 amide bonds. The van der Waals surface area contributed by atoms with Crippen LogP contribution >= 0.6 is 11.8 Å². The zero-order valence-electron chi connectivity index (χ0n) is 12.6. The molecule has 0 bridgehead atoms. The highest BCUT2D eigenvalue weighted by molar-refractivity contribution is 7.98. The third-order valence-electron chi connectivity index (χ3n) is 3.48. The number of ether oxygens (including phenoxy) is 2. The van der Waals surface area contributed by atoms with Gasteiger partial charge in [0.15, 0.2) is 0 Å². The Morgan fingerprint density at radius 2 is 1.95 bits per heavy atom. The van der Waals surface area contributed by atoms with Crippen molar-refractivity contribution in [1.82, 2.24) is 4.98 Å². The maximum Gasteiger partial charge on any atom is 0.121 e. The van der Waals surface area contributed by atoms with E-state index < -0.39 is 0 Å². The monoisotopic (exact) mass is 311 g/mol. The minimum atomic E-state index is 0.517. The lowest BCUT2D eigenvalue weighted by Crippen LogP contribution is -1.97. The van der Waals surface area contributed by atoms with Gasteiger partial charge in [-0.1, -0.05) is 6.07 Å². The van der Waals surface area contributed by atoms with Gasteiger partial charge in [-0.3, -0.25) is 4.98 Å². The second kappa shape index (κ2) is 6.71. The van der Waals surface area contributed by atoms with Gasteiger partial charge < -0.3 is 9.47 Å². The number of aromatic nitrogens is 1. The molecule has 1 heterocycles. The van der Waals surface area contributed by atoms with E-state index >= 15 is 0 Å². The first-order chi connectivity index (χ1) is 10.8. The topological polar surface area (TPSA) is 31.4 Å². The summed E-state index contributed by atoms with van der Waals surface area (Å²) in [5.74, 6) is 1.69. The summed E-state index contributed by atoms with van der Waals surface area (Å²) in [5.41, 5.74) is 2.03. The molecule has 0 aliphatic carbocycles. The van der Waals surface area contributed by atoms with E-state index in [-0.39, 0.29) is 0 Å². The van der Waals surface area contributed by atoms with Gasteiger partial charge >= 0.3 is 0 Å². The molecule has 0 radical (unpaired) electrons. The van der Waals surface area contributed by atoms with Gasteiger partial charge in [-0.2, -0.15) is 0 Å². The number of fused-ring (bicyclic) bond motifs is 1. The van der Waals surface area contributed by atoms with E-state index in [1.54, 1.807) is 25.1 Å². The lowest BCUT2D eigenvalue weighted by atomic mass is 10.1. The number of methoxy groups -OCH3 is 1. The van der Waals surface area contributed by atoms with Gasteiger partial charge in [0.25, 0.3) is 0 Å². The highest BCUT2D eigenvalue weighted by atomic mass is 32.2. The van der Waals surface area contributed by atoms with Crippen molar-refractivity contribution >= 4 is 22.7 Å². The molecule has 0 N–H and O–H groups in total. The van der Waals surface area contributed by atoms with E-state index in [1.807, 2.05) is 36.4 Å². The van der Waals surface area contributed by atoms with E-state index in [0.29, 0.717) is 6.61 Å². The second-order valence-corrected chi connectivity index (χ2v) is 5.70. The number of rotatable bonds is 5. The molecule has 0 spiro atoms. The fraction of sp³-hybridized carbons (Fsp3) is 0.167. The molecule has 1 aromatic heterocycles. The molecule has 0 aliphatic rings. The van der Waals surface area contributed by atoms with Gasteiger partial charge in [0.1, 0.15) is 18.1 Å². The van der Waals surface area contributed by atoms with Gasteiger partial charge in [-0.15, -0.1) is 11.8 Å². The summed E-state index contributed by atoms with van der Waals surface area (Å²) < 4.78 is 11.2. The lowest BCUT2D eigenvalue weighted by molar-refractivity contribution is 0.307. The Morgan fingerprint density at radius 1 is 1.05 bits per heavy atom. The first-order valence-corrected chi connectivity index (χ1v) is 8.21. The van der Waals surface area contributed by atoms with Crippen LogP contribution in [0.15, 0.2) is 59.6 Å². The Bertz CT molecular complexity index is 789.